The summed E-state index contributed by atoms with van der Waals surface area (Å²) in [5.74, 6) is -0.316. The van der Waals surface area contributed by atoms with E-state index in [1.807, 2.05) is 80.4 Å². The molecule has 4 heteroatoms. The second kappa shape index (κ2) is 9.88. The highest BCUT2D eigenvalue weighted by molar-refractivity contribution is 5.92. The van der Waals surface area contributed by atoms with Gasteiger partial charge in [0.05, 0.1) is 17.6 Å². The summed E-state index contributed by atoms with van der Waals surface area (Å²) in [6, 6.07) is 22.1. The molecule has 0 radical (unpaired) electrons. The Bertz CT molecular complexity index is 1020. The topological polar surface area (TPSA) is 41.9 Å². The fraction of sp³-hybridized carbons (Fsp3) is 0.231. The van der Waals surface area contributed by atoms with Crippen molar-refractivity contribution < 1.29 is 9.53 Å². The van der Waals surface area contributed by atoms with E-state index in [0.717, 1.165) is 34.5 Å². The molecule has 0 bridgehead atoms. The lowest BCUT2D eigenvalue weighted by Crippen LogP contribution is -2.14. The fourth-order valence-corrected chi connectivity index (χ4v) is 3.05. The van der Waals surface area contributed by atoms with Crippen LogP contribution in [0.25, 0.3) is 11.1 Å². The van der Waals surface area contributed by atoms with Crippen molar-refractivity contribution in [3.63, 3.8) is 0 Å². The van der Waals surface area contributed by atoms with Gasteiger partial charge in [0, 0.05) is 13.6 Å². The van der Waals surface area contributed by atoms with Gasteiger partial charge in [0.25, 0.3) is 0 Å². The SMILES string of the molecule is CCN(C)C=Nc1cc(C)c(C(=O)OCc2ccc(-c3ccccc3)cc2)cc1C. The first kappa shape index (κ1) is 21.3. The minimum Gasteiger partial charge on any atom is -0.457 e. The van der Waals surface area contributed by atoms with Crippen LogP contribution in [0, 0.1) is 13.8 Å². The maximum atomic E-state index is 12.6. The number of esters is 1. The van der Waals surface area contributed by atoms with Gasteiger partial charge in [-0.15, -0.1) is 0 Å². The first-order chi connectivity index (χ1) is 14.5. The predicted molar refractivity (Wildman–Crippen MR) is 123 cm³/mol. The molecule has 0 fully saturated rings. The molecule has 3 aromatic carbocycles. The zero-order valence-electron chi connectivity index (χ0n) is 18.1. The minimum absolute atomic E-state index is 0.244. The Morgan fingerprint density at radius 3 is 2.30 bits per heavy atom. The molecule has 0 saturated heterocycles. The minimum atomic E-state index is -0.316. The molecule has 154 valence electrons. The summed E-state index contributed by atoms with van der Waals surface area (Å²) in [7, 11) is 1.98. The van der Waals surface area contributed by atoms with E-state index < -0.39 is 0 Å². The van der Waals surface area contributed by atoms with E-state index in [1.54, 1.807) is 6.34 Å². The summed E-state index contributed by atoms with van der Waals surface area (Å²) in [5, 5.41) is 0. The maximum Gasteiger partial charge on any atom is 0.338 e. The number of nitrogens with zero attached hydrogens (tertiary/aromatic N) is 2. The zero-order valence-corrected chi connectivity index (χ0v) is 18.1. The van der Waals surface area contributed by atoms with Gasteiger partial charge in [0.15, 0.2) is 0 Å². The average Bonchev–Trinajstić information content (AvgIpc) is 2.78. The quantitative estimate of drug-likeness (QED) is 0.280. The second-order valence-corrected chi connectivity index (χ2v) is 7.41. The molecule has 0 saturated carbocycles. The first-order valence-corrected chi connectivity index (χ1v) is 10.1. The van der Waals surface area contributed by atoms with Crippen LogP contribution in [0.5, 0.6) is 0 Å². The van der Waals surface area contributed by atoms with Gasteiger partial charge >= 0.3 is 5.97 Å². The molecule has 0 aliphatic heterocycles. The highest BCUT2D eigenvalue weighted by atomic mass is 16.5. The van der Waals surface area contributed by atoms with Crippen LogP contribution in [0.2, 0.25) is 0 Å². The van der Waals surface area contributed by atoms with Crippen molar-refractivity contribution in [2.75, 3.05) is 13.6 Å². The summed E-state index contributed by atoms with van der Waals surface area (Å²) in [5.41, 5.74) is 6.51. The van der Waals surface area contributed by atoms with Crippen LogP contribution < -0.4 is 0 Å². The van der Waals surface area contributed by atoms with Crippen LogP contribution in [0.3, 0.4) is 0 Å². The van der Waals surface area contributed by atoms with E-state index in [0.29, 0.717) is 5.56 Å². The molecule has 30 heavy (non-hydrogen) atoms. The molecule has 0 aliphatic rings. The van der Waals surface area contributed by atoms with E-state index in [1.165, 1.54) is 5.56 Å². The van der Waals surface area contributed by atoms with Crippen molar-refractivity contribution in [1.82, 2.24) is 4.90 Å². The number of carbonyl (C=O) groups is 1. The molecule has 0 unspecified atom stereocenters. The molecule has 4 nitrogen and oxygen atoms in total. The third-order valence-electron chi connectivity index (χ3n) is 5.09. The normalized spacial score (nSPS) is 10.9. The van der Waals surface area contributed by atoms with Crippen molar-refractivity contribution >= 4 is 18.0 Å². The maximum absolute atomic E-state index is 12.6. The zero-order chi connectivity index (χ0) is 21.5. The number of ether oxygens (including phenoxy) is 1. The number of carbonyl (C=O) groups excluding carboxylic acids is 1. The van der Waals surface area contributed by atoms with Gasteiger partial charge in [-0.1, -0.05) is 54.6 Å². The summed E-state index contributed by atoms with van der Waals surface area (Å²) in [6.07, 6.45) is 1.80. The Kier molecular flexibility index (Phi) is 7.02. The van der Waals surface area contributed by atoms with Crippen LogP contribution in [-0.2, 0) is 11.3 Å². The van der Waals surface area contributed by atoms with Crippen LogP contribution >= 0.6 is 0 Å². The summed E-state index contributed by atoms with van der Waals surface area (Å²) in [6.45, 7) is 7.06. The van der Waals surface area contributed by atoms with Gasteiger partial charge in [-0.2, -0.15) is 0 Å². The Morgan fingerprint density at radius 2 is 1.63 bits per heavy atom. The largest absolute Gasteiger partial charge is 0.457 e. The second-order valence-electron chi connectivity index (χ2n) is 7.41. The van der Waals surface area contributed by atoms with Crippen LogP contribution in [0.4, 0.5) is 5.69 Å². The molecular weight excluding hydrogens is 372 g/mol. The summed E-state index contributed by atoms with van der Waals surface area (Å²) >= 11 is 0. The molecule has 0 N–H and O–H groups in total. The smallest absolute Gasteiger partial charge is 0.338 e. The van der Waals surface area contributed by atoms with Gasteiger partial charge < -0.3 is 9.64 Å². The molecular formula is C26H28N2O2. The molecule has 0 heterocycles. The van der Waals surface area contributed by atoms with Gasteiger partial charge in [-0.3, -0.25) is 0 Å². The molecule has 0 atom stereocenters. The Labute approximate surface area is 178 Å². The van der Waals surface area contributed by atoms with E-state index >= 15 is 0 Å². The Hall–Kier alpha value is -3.40. The highest BCUT2D eigenvalue weighted by Crippen LogP contribution is 2.24. The number of hydrogen-bond donors (Lipinski definition) is 0. The average molecular weight is 401 g/mol. The third kappa shape index (κ3) is 5.35. The van der Waals surface area contributed by atoms with Gasteiger partial charge in [-0.05, 0) is 60.7 Å². The molecule has 3 aromatic rings. The van der Waals surface area contributed by atoms with Crippen molar-refractivity contribution in [2.45, 2.75) is 27.4 Å². The van der Waals surface area contributed by atoms with Gasteiger partial charge in [0.2, 0.25) is 0 Å². The van der Waals surface area contributed by atoms with Gasteiger partial charge in [-0.25, -0.2) is 9.79 Å². The van der Waals surface area contributed by atoms with Gasteiger partial charge in [0.1, 0.15) is 6.61 Å². The van der Waals surface area contributed by atoms with E-state index in [9.17, 15) is 4.79 Å². The van der Waals surface area contributed by atoms with Crippen molar-refractivity contribution in [3.8, 4) is 11.1 Å². The number of hydrogen-bond acceptors (Lipinski definition) is 3. The number of rotatable bonds is 7. The Morgan fingerprint density at radius 1 is 0.967 bits per heavy atom. The fourth-order valence-electron chi connectivity index (χ4n) is 3.05. The number of benzene rings is 3. The third-order valence-corrected chi connectivity index (χ3v) is 5.09. The lowest BCUT2D eigenvalue weighted by atomic mass is 10.0. The van der Waals surface area contributed by atoms with E-state index in [-0.39, 0.29) is 12.6 Å². The lowest BCUT2D eigenvalue weighted by molar-refractivity contribution is 0.0472. The molecule has 3 rings (SSSR count). The van der Waals surface area contributed by atoms with Crippen molar-refractivity contribution in [2.24, 2.45) is 4.99 Å². The summed E-state index contributed by atoms with van der Waals surface area (Å²) < 4.78 is 5.57. The standard InChI is InChI=1S/C26H28N2O2/c1-5-28(4)18-27-25-16-19(2)24(15-20(25)3)26(29)30-17-21-11-13-23(14-12-21)22-9-7-6-8-10-22/h6-16,18H,5,17H2,1-4H3. The van der Waals surface area contributed by atoms with Crippen molar-refractivity contribution in [3.05, 3.63) is 89.0 Å². The molecule has 0 aliphatic carbocycles. The van der Waals surface area contributed by atoms with Crippen LogP contribution in [0.15, 0.2) is 71.7 Å². The highest BCUT2D eigenvalue weighted by Gasteiger charge is 2.13. The number of aryl methyl sites for hydroxylation is 2. The molecule has 0 amide bonds. The first-order valence-electron chi connectivity index (χ1n) is 10.1. The molecule has 0 aromatic heterocycles. The molecule has 0 spiro atoms. The summed E-state index contributed by atoms with van der Waals surface area (Å²) in [4.78, 5) is 19.1. The number of aliphatic imine (C=N–C) groups is 1. The Balaban J connectivity index is 1.66. The van der Waals surface area contributed by atoms with Crippen LogP contribution in [0.1, 0.15) is 34.0 Å². The van der Waals surface area contributed by atoms with E-state index in [2.05, 4.69) is 24.0 Å². The van der Waals surface area contributed by atoms with Crippen LogP contribution in [-0.4, -0.2) is 30.8 Å². The monoisotopic (exact) mass is 400 g/mol. The van der Waals surface area contributed by atoms with E-state index in [4.69, 9.17) is 4.74 Å². The lowest BCUT2D eigenvalue weighted by Gasteiger charge is -2.12. The van der Waals surface area contributed by atoms with Crippen molar-refractivity contribution in [1.29, 1.82) is 0 Å². The predicted octanol–water partition coefficient (Wildman–Crippen LogP) is 5.94.